The van der Waals surface area contributed by atoms with Crippen molar-refractivity contribution in [3.8, 4) is 0 Å². The molecule has 0 aliphatic carbocycles. The number of aliphatic imine (C=N–C) groups is 1. The van der Waals surface area contributed by atoms with E-state index in [1.165, 1.54) is 30.5 Å². The third kappa shape index (κ3) is 5.68. The highest BCUT2D eigenvalue weighted by atomic mass is 19.2. The van der Waals surface area contributed by atoms with E-state index in [1.807, 2.05) is 24.3 Å². The number of aromatic nitrogens is 3. The molecular formula is C41H20F10N4. The first kappa shape index (κ1) is 35.2. The van der Waals surface area contributed by atoms with E-state index in [1.54, 1.807) is 36.5 Å². The second kappa shape index (κ2) is 13.5. The van der Waals surface area contributed by atoms with Gasteiger partial charge in [-0.3, -0.25) is 4.99 Å². The summed E-state index contributed by atoms with van der Waals surface area (Å²) in [7, 11) is 0. The third-order valence-electron chi connectivity index (χ3n) is 9.10. The molecule has 3 aromatic heterocycles. The third-order valence-corrected chi connectivity index (χ3v) is 9.10. The Morgan fingerprint density at radius 1 is 0.473 bits per heavy atom. The number of hydrogen-bond donors (Lipinski definition) is 3. The molecule has 7 aromatic rings. The van der Waals surface area contributed by atoms with Crippen LogP contribution in [0.2, 0.25) is 0 Å². The van der Waals surface area contributed by atoms with Gasteiger partial charge in [-0.2, -0.15) is 0 Å². The molecule has 0 spiro atoms. The van der Waals surface area contributed by atoms with E-state index in [0.29, 0.717) is 22.0 Å². The van der Waals surface area contributed by atoms with Crippen LogP contribution in [0, 0.1) is 58.2 Å². The number of benzene rings is 4. The van der Waals surface area contributed by atoms with Crippen LogP contribution >= 0.6 is 0 Å². The van der Waals surface area contributed by atoms with Crippen molar-refractivity contribution in [2.75, 3.05) is 0 Å². The van der Waals surface area contributed by atoms with Crippen molar-refractivity contribution in [2.24, 2.45) is 4.99 Å². The number of para-hydroxylation sites is 1. The molecule has 55 heavy (non-hydrogen) atoms. The molecule has 0 fully saturated rings. The van der Waals surface area contributed by atoms with E-state index in [9.17, 15) is 26.3 Å². The van der Waals surface area contributed by atoms with Crippen molar-refractivity contribution in [3.63, 3.8) is 0 Å². The van der Waals surface area contributed by atoms with Crippen LogP contribution in [0.4, 0.5) is 43.9 Å². The predicted molar refractivity (Wildman–Crippen MR) is 185 cm³/mol. The Morgan fingerprint density at radius 3 is 1.56 bits per heavy atom. The summed E-state index contributed by atoms with van der Waals surface area (Å²) >= 11 is 0. The van der Waals surface area contributed by atoms with Crippen LogP contribution in [0.15, 0.2) is 108 Å². The molecule has 4 heterocycles. The van der Waals surface area contributed by atoms with E-state index in [4.69, 9.17) is 0 Å². The van der Waals surface area contributed by atoms with E-state index in [-0.39, 0.29) is 22.4 Å². The SMILES string of the molecule is Fc1c(F)c(F)c(/C(=C2\C=CC=N2)c2ccc(/C(c3c(F)c(F)c(F)c(F)c3F)=c3/cc/c(=C(/c4ccccc4)c4c[nH]c5ccccc45)[nH]3)[nH]2)c(F)c1F. The molecule has 8 rings (SSSR count). The van der Waals surface area contributed by atoms with Gasteiger partial charge in [-0.25, -0.2) is 43.9 Å². The molecule has 14 heteroatoms. The highest BCUT2D eigenvalue weighted by Crippen LogP contribution is 2.38. The number of nitrogens with zero attached hydrogens (tertiary/aromatic N) is 1. The summed E-state index contributed by atoms with van der Waals surface area (Å²) in [4.78, 5) is 12.8. The molecule has 0 saturated heterocycles. The molecule has 0 atom stereocenters. The maximum atomic E-state index is 15.7. The van der Waals surface area contributed by atoms with Crippen molar-refractivity contribution < 1.29 is 43.9 Å². The minimum absolute atomic E-state index is 0.191. The Balaban J connectivity index is 1.46. The van der Waals surface area contributed by atoms with Gasteiger partial charge < -0.3 is 15.0 Å². The van der Waals surface area contributed by atoms with Crippen molar-refractivity contribution in [2.45, 2.75) is 0 Å². The maximum absolute atomic E-state index is 15.7. The Hall–Kier alpha value is -6.83. The second-order valence-corrected chi connectivity index (χ2v) is 12.2. The van der Waals surface area contributed by atoms with Gasteiger partial charge in [-0.05, 0) is 48.0 Å². The Bertz CT molecular complexity index is 2860. The largest absolute Gasteiger partial charge is 0.361 e. The summed E-state index contributed by atoms with van der Waals surface area (Å²) in [6.07, 6.45) is 5.43. The highest BCUT2D eigenvalue weighted by molar-refractivity contribution is 5.96. The number of hydrogen-bond acceptors (Lipinski definition) is 1. The molecule has 4 aromatic carbocycles. The molecule has 4 nitrogen and oxygen atoms in total. The number of H-pyrrole nitrogens is 3. The van der Waals surface area contributed by atoms with Crippen molar-refractivity contribution in [1.29, 1.82) is 0 Å². The van der Waals surface area contributed by atoms with Gasteiger partial charge in [0.15, 0.2) is 46.5 Å². The zero-order valence-electron chi connectivity index (χ0n) is 27.5. The van der Waals surface area contributed by atoms with Crippen LogP contribution in [0.3, 0.4) is 0 Å². The lowest BCUT2D eigenvalue weighted by molar-refractivity contribution is 0.376. The van der Waals surface area contributed by atoms with Crippen LogP contribution < -0.4 is 10.7 Å². The summed E-state index contributed by atoms with van der Waals surface area (Å²) in [5.74, 6) is -22.7. The Labute approximate surface area is 302 Å². The molecule has 0 radical (unpaired) electrons. The Morgan fingerprint density at radius 2 is 0.982 bits per heavy atom. The number of halogens is 10. The fraction of sp³-hybridized carbons (Fsp3) is 0. The fourth-order valence-electron chi connectivity index (χ4n) is 6.63. The Kier molecular flexibility index (Phi) is 8.67. The van der Waals surface area contributed by atoms with Crippen molar-refractivity contribution in [1.82, 2.24) is 15.0 Å². The van der Waals surface area contributed by atoms with Crippen molar-refractivity contribution in [3.05, 3.63) is 205 Å². The molecule has 1 aliphatic heterocycles. The fourth-order valence-corrected chi connectivity index (χ4v) is 6.63. The van der Waals surface area contributed by atoms with E-state index in [0.717, 1.165) is 23.0 Å². The molecule has 274 valence electrons. The van der Waals surface area contributed by atoms with E-state index in [2.05, 4.69) is 19.9 Å². The molecule has 3 N–H and O–H groups in total. The van der Waals surface area contributed by atoms with Gasteiger partial charge in [0.1, 0.15) is 0 Å². The van der Waals surface area contributed by atoms with Crippen LogP contribution in [-0.2, 0) is 0 Å². The summed E-state index contributed by atoms with van der Waals surface area (Å²) < 4.78 is 149. The lowest BCUT2D eigenvalue weighted by Gasteiger charge is -2.14. The monoisotopic (exact) mass is 758 g/mol. The average Bonchev–Trinajstić information content (AvgIpc) is 4.05. The molecule has 0 saturated carbocycles. The number of nitrogens with one attached hydrogen (secondary N) is 3. The van der Waals surface area contributed by atoms with Crippen LogP contribution in [0.25, 0.3) is 27.6 Å². The summed E-state index contributed by atoms with van der Waals surface area (Å²) in [5, 5.41) is 0.950. The van der Waals surface area contributed by atoms with Crippen LogP contribution in [0.5, 0.6) is 0 Å². The maximum Gasteiger partial charge on any atom is 0.200 e. The molecule has 0 bridgehead atoms. The van der Waals surface area contributed by atoms with Gasteiger partial charge in [0.2, 0.25) is 11.6 Å². The molecule has 1 aliphatic rings. The molecular weight excluding hydrogens is 738 g/mol. The minimum atomic E-state index is -2.42. The predicted octanol–water partition coefficient (Wildman–Crippen LogP) is 9.11. The van der Waals surface area contributed by atoms with Gasteiger partial charge in [-0.15, -0.1) is 0 Å². The van der Waals surface area contributed by atoms with E-state index >= 15 is 17.6 Å². The topological polar surface area (TPSA) is 59.7 Å². The van der Waals surface area contributed by atoms with Gasteiger partial charge >= 0.3 is 0 Å². The molecule has 0 unspecified atom stereocenters. The first-order valence-corrected chi connectivity index (χ1v) is 16.2. The lowest BCUT2D eigenvalue weighted by atomic mass is 9.97. The van der Waals surface area contributed by atoms with Crippen LogP contribution in [-0.4, -0.2) is 21.2 Å². The lowest BCUT2D eigenvalue weighted by Crippen LogP contribution is -2.19. The van der Waals surface area contributed by atoms with Gasteiger partial charge in [0, 0.05) is 67.7 Å². The zero-order valence-corrected chi connectivity index (χ0v) is 27.5. The first-order chi connectivity index (χ1) is 26.5. The summed E-state index contributed by atoms with van der Waals surface area (Å²) in [5.41, 5.74) is -2.37. The standard InChI is InChI=1S/C41H20F10N4/c42-32-30(33(43)37(47)40(50)36(32)46)28(22-11-6-16-52-22)24-14-15-26(55-24)29(31-34(44)38(48)41(51)39(49)35(31)45)25-13-12-23(54-25)27(18-7-2-1-3-8-18)20-17-53-21-10-5-4-9-19(20)21/h1-17,53-55H/b27-23+,28-22+,29-25+. The summed E-state index contributed by atoms with van der Waals surface area (Å²) in [6, 6.07) is 21.3. The quantitative estimate of drug-likeness (QED) is 0.0862. The number of fused-ring (bicyclic) bond motifs is 1. The number of aromatic amines is 3. The van der Waals surface area contributed by atoms with Crippen LogP contribution in [0.1, 0.15) is 33.6 Å². The minimum Gasteiger partial charge on any atom is -0.361 e. The molecule has 0 amide bonds. The van der Waals surface area contributed by atoms with Crippen molar-refractivity contribution >= 4 is 33.8 Å². The smallest absolute Gasteiger partial charge is 0.200 e. The zero-order chi connectivity index (χ0) is 38.7. The normalized spacial score (nSPS) is 14.7. The number of allylic oxidation sites excluding steroid dienone is 2. The van der Waals surface area contributed by atoms with Gasteiger partial charge in [0.05, 0.1) is 16.8 Å². The van der Waals surface area contributed by atoms with Gasteiger partial charge in [0.25, 0.3) is 0 Å². The van der Waals surface area contributed by atoms with Gasteiger partial charge in [-0.1, -0.05) is 48.5 Å². The highest BCUT2D eigenvalue weighted by Gasteiger charge is 2.33. The second-order valence-electron chi connectivity index (χ2n) is 12.2. The average molecular weight is 759 g/mol. The number of rotatable bonds is 6. The van der Waals surface area contributed by atoms with E-state index < -0.39 is 80.4 Å². The summed E-state index contributed by atoms with van der Waals surface area (Å²) in [6.45, 7) is 0. The first-order valence-electron chi connectivity index (χ1n) is 16.2.